The standard InChI is InChI=1S/C13H17BrN2O3/c1-12(2,11(18)19)13(3,4)16-10(17)8-5-6-15-9(14)7-8/h5-7H,1-4H3,(H,16,17)(H,18,19). The normalized spacial score (nSPS) is 12.1. The van der Waals surface area contributed by atoms with Gasteiger partial charge in [-0.05, 0) is 55.8 Å². The predicted molar refractivity (Wildman–Crippen MR) is 74.9 cm³/mol. The van der Waals surface area contributed by atoms with Crippen molar-refractivity contribution in [2.75, 3.05) is 0 Å². The molecule has 0 saturated heterocycles. The van der Waals surface area contributed by atoms with Gasteiger partial charge in [-0.2, -0.15) is 0 Å². The minimum atomic E-state index is -1.09. The number of hydrogen-bond acceptors (Lipinski definition) is 3. The van der Waals surface area contributed by atoms with E-state index in [-0.39, 0.29) is 5.91 Å². The summed E-state index contributed by atoms with van der Waals surface area (Å²) in [4.78, 5) is 27.3. The number of rotatable bonds is 4. The summed E-state index contributed by atoms with van der Waals surface area (Å²) in [5, 5.41) is 12.0. The van der Waals surface area contributed by atoms with Crippen molar-refractivity contribution < 1.29 is 14.7 Å². The van der Waals surface area contributed by atoms with Gasteiger partial charge in [-0.15, -0.1) is 0 Å². The molecule has 1 aromatic heterocycles. The van der Waals surface area contributed by atoms with Crippen LogP contribution in [0, 0.1) is 5.41 Å². The number of halogens is 1. The molecule has 0 unspecified atom stereocenters. The number of carbonyl (C=O) groups is 2. The number of nitrogens with zero attached hydrogens (tertiary/aromatic N) is 1. The summed E-state index contributed by atoms with van der Waals surface area (Å²) in [6, 6.07) is 3.16. The van der Waals surface area contributed by atoms with E-state index in [1.165, 1.54) is 6.20 Å². The molecular formula is C13H17BrN2O3. The topological polar surface area (TPSA) is 79.3 Å². The molecule has 19 heavy (non-hydrogen) atoms. The number of aromatic nitrogens is 1. The van der Waals surface area contributed by atoms with Gasteiger partial charge in [0.25, 0.3) is 5.91 Å². The molecule has 0 spiro atoms. The molecule has 5 nitrogen and oxygen atoms in total. The van der Waals surface area contributed by atoms with Crippen molar-refractivity contribution in [3.05, 3.63) is 28.5 Å². The predicted octanol–water partition coefficient (Wildman–Crippen LogP) is 2.46. The summed E-state index contributed by atoms with van der Waals surface area (Å²) in [6.07, 6.45) is 1.51. The maximum atomic E-state index is 12.1. The average molecular weight is 329 g/mol. The van der Waals surface area contributed by atoms with Gasteiger partial charge in [0.1, 0.15) is 4.60 Å². The van der Waals surface area contributed by atoms with E-state index in [0.717, 1.165) is 0 Å². The Morgan fingerprint density at radius 3 is 2.37 bits per heavy atom. The molecule has 2 N–H and O–H groups in total. The van der Waals surface area contributed by atoms with Crippen LogP contribution in [-0.4, -0.2) is 27.5 Å². The van der Waals surface area contributed by atoms with Gasteiger partial charge in [-0.25, -0.2) is 4.98 Å². The fraction of sp³-hybridized carbons (Fsp3) is 0.462. The van der Waals surface area contributed by atoms with Crippen LogP contribution < -0.4 is 5.32 Å². The second-order valence-electron chi connectivity index (χ2n) is 5.38. The highest BCUT2D eigenvalue weighted by atomic mass is 79.9. The number of aliphatic carboxylic acids is 1. The molecule has 1 amide bonds. The Hall–Kier alpha value is -1.43. The van der Waals surface area contributed by atoms with E-state index in [2.05, 4.69) is 26.2 Å². The Kier molecular flexibility index (Phi) is 4.35. The third-order valence-corrected chi connectivity index (χ3v) is 3.95. The minimum absolute atomic E-state index is 0.331. The lowest BCUT2D eigenvalue weighted by Gasteiger charge is -2.38. The van der Waals surface area contributed by atoms with Crippen LogP contribution in [0.3, 0.4) is 0 Å². The summed E-state index contributed by atoms with van der Waals surface area (Å²) in [6.45, 7) is 6.54. The fourth-order valence-corrected chi connectivity index (χ4v) is 1.69. The van der Waals surface area contributed by atoms with Crippen molar-refractivity contribution in [3.8, 4) is 0 Å². The summed E-state index contributed by atoms with van der Waals surface area (Å²) in [5.74, 6) is -1.30. The third kappa shape index (κ3) is 3.32. The fourth-order valence-electron chi connectivity index (χ4n) is 1.32. The lowest BCUT2D eigenvalue weighted by molar-refractivity contribution is -0.150. The number of carbonyl (C=O) groups excluding carboxylic acids is 1. The first-order chi connectivity index (χ1) is 8.58. The molecule has 1 aromatic rings. The zero-order valence-electron chi connectivity index (χ0n) is 11.3. The van der Waals surface area contributed by atoms with Crippen LogP contribution in [0.2, 0.25) is 0 Å². The van der Waals surface area contributed by atoms with Gasteiger partial charge in [-0.3, -0.25) is 9.59 Å². The van der Waals surface area contributed by atoms with Gasteiger partial charge in [0.05, 0.1) is 11.0 Å². The molecule has 1 rings (SSSR count). The summed E-state index contributed by atoms with van der Waals surface area (Å²) in [5.41, 5.74) is -1.56. The van der Waals surface area contributed by atoms with E-state index in [1.807, 2.05) is 0 Å². The van der Waals surface area contributed by atoms with Gasteiger partial charge < -0.3 is 10.4 Å². The number of carboxylic acid groups (broad SMARTS) is 1. The summed E-state index contributed by atoms with van der Waals surface area (Å²) >= 11 is 3.19. The van der Waals surface area contributed by atoms with Gasteiger partial charge >= 0.3 is 5.97 Å². The SMILES string of the molecule is CC(C)(NC(=O)c1ccnc(Br)c1)C(C)(C)C(=O)O. The van der Waals surface area contributed by atoms with Gasteiger partial charge in [0, 0.05) is 11.8 Å². The monoisotopic (exact) mass is 328 g/mol. The second kappa shape index (κ2) is 5.28. The average Bonchev–Trinajstić information content (AvgIpc) is 2.27. The third-order valence-electron chi connectivity index (χ3n) is 3.51. The summed E-state index contributed by atoms with van der Waals surface area (Å²) < 4.78 is 0.551. The molecule has 0 radical (unpaired) electrons. The molecular weight excluding hydrogens is 312 g/mol. The smallest absolute Gasteiger partial charge is 0.311 e. The molecule has 104 valence electrons. The van der Waals surface area contributed by atoms with E-state index >= 15 is 0 Å². The van der Waals surface area contributed by atoms with E-state index < -0.39 is 16.9 Å². The van der Waals surface area contributed by atoms with Crippen molar-refractivity contribution in [3.63, 3.8) is 0 Å². The van der Waals surface area contributed by atoms with Crippen LogP contribution in [0.1, 0.15) is 38.1 Å². The Morgan fingerprint density at radius 2 is 1.89 bits per heavy atom. The molecule has 6 heteroatoms. The molecule has 0 atom stereocenters. The lowest BCUT2D eigenvalue weighted by Crippen LogP contribution is -2.56. The Labute approximate surface area is 120 Å². The van der Waals surface area contributed by atoms with Crippen LogP contribution in [0.4, 0.5) is 0 Å². The molecule has 0 aliphatic rings. The van der Waals surface area contributed by atoms with Gasteiger partial charge in [0.2, 0.25) is 0 Å². The van der Waals surface area contributed by atoms with Crippen LogP contribution in [-0.2, 0) is 4.79 Å². The van der Waals surface area contributed by atoms with E-state index in [1.54, 1.807) is 39.8 Å². The molecule has 0 aromatic carbocycles. The first-order valence-electron chi connectivity index (χ1n) is 5.75. The zero-order valence-corrected chi connectivity index (χ0v) is 12.9. The number of carboxylic acids is 1. The second-order valence-corrected chi connectivity index (χ2v) is 6.19. The maximum Gasteiger partial charge on any atom is 0.311 e. The Balaban J connectivity index is 2.96. The number of nitrogens with one attached hydrogen (secondary N) is 1. The van der Waals surface area contributed by atoms with Gasteiger partial charge in [-0.1, -0.05) is 0 Å². The van der Waals surface area contributed by atoms with Gasteiger partial charge in [0.15, 0.2) is 0 Å². The molecule has 0 aliphatic heterocycles. The quantitative estimate of drug-likeness (QED) is 0.832. The van der Waals surface area contributed by atoms with E-state index in [9.17, 15) is 14.7 Å². The van der Waals surface area contributed by atoms with E-state index in [0.29, 0.717) is 10.2 Å². The van der Waals surface area contributed by atoms with Crippen molar-refractivity contribution in [1.29, 1.82) is 0 Å². The van der Waals surface area contributed by atoms with Crippen molar-refractivity contribution in [2.45, 2.75) is 33.2 Å². The maximum absolute atomic E-state index is 12.1. The van der Waals surface area contributed by atoms with Crippen LogP contribution in [0.25, 0.3) is 0 Å². The molecule has 0 aliphatic carbocycles. The highest BCUT2D eigenvalue weighted by molar-refractivity contribution is 9.10. The van der Waals surface area contributed by atoms with Crippen molar-refractivity contribution in [2.24, 2.45) is 5.41 Å². The molecule has 0 bridgehead atoms. The zero-order chi connectivity index (χ0) is 14.8. The number of amides is 1. The highest BCUT2D eigenvalue weighted by Crippen LogP contribution is 2.31. The van der Waals surface area contributed by atoms with Crippen molar-refractivity contribution in [1.82, 2.24) is 10.3 Å². The minimum Gasteiger partial charge on any atom is -0.481 e. The first-order valence-corrected chi connectivity index (χ1v) is 6.55. The highest BCUT2D eigenvalue weighted by Gasteiger charge is 2.44. The number of pyridine rings is 1. The van der Waals surface area contributed by atoms with Crippen molar-refractivity contribution >= 4 is 27.8 Å². The largest absolute Gasteiger partial charge is 0.481 e. The Morgan fingerprint density at radius 1 is 1.32 bits per heavy atom. The van der Waals surface area contributed by atoms with Crippen LogP contribution in [0.15, 0.2) is 22.9 Å². The Bertz CT molecular complexity index is 512. The van der Waals surface area contributed by atoms with Crippen LogP contribution in [0.5, 0.6) is 0 Å². The molecule has 0 saturated carbocycles. The molecule has 0 fully saturated rings. The summed E-state index contributed by atoms with van der Waals surface area (Å²) in [7, 11) is 0. The molecule has 1 heterocycles. The van der Waals surface area contributed by atoms with Crippen LogP contribution >= 0.6 is 15.9 Å². The van der Waals surface area contributed by atoms with E-state index in [4.69, 9.17) is 0 Å². The lowest BCUT2D eigenvalue weighted by atomic mass is 9.74. The first kappa shape index (κ1) is 15.6. The number of hydrogen-bond donors (Lipinski definition) is 2.